The van der Waals surface area contributed by atoms with Gasteiger partial charge in [0.2, 0.25) is 0 Å². The predicted molar refractivity (Wildman–Crippen MR) is 98.9 cm³/mol. The van der Waals surface area contributed by atoms with Gasteiger partial charge >= 0.3 is 5.97 Å². The molecule has 2 aliphatic rings. The quantitative estimate of drug-likeness (QED) is 0.583. The number of benzene rings is 2. The van der Waals surface area contributed by atoms with Crippen LogP contribution >= 0.6 is 0 Å². The van der Waals surface area contributed by atoms with Gasteiger partial charge in [0, 0.05) is 11.0 Å². The van der Waals surface area contributed by atoms with Crippen molar-refractivity contribution in [2.45, 2.75) is 30.5 Å². The molecule has 0 saturated carbocycles. The van der Waals surface area contributed by atoms with E-state index in [9.17, 15) is 9.90 Å². The highest BCUT2D eigenvalue weighted by Gasteiger charge is 2.48. The Kier molecular flexibility index (Phi) is 4.62. The Morgan fingerprint density at radius 1 is 0.962 bits per heavy atom. The molecule has 0 spiro atoms. The molecule has 2 aromatic carbocycles. The minimum absolute atomic E-state index is 0.104. The van der Waals surface area contributed by atoms with E-state index in [1.165, 1.54) is 0 Å². The second kappa shape index (κ2) is 7.06. The largest absolute Gasteiger partial charge is 0.478 e. The topological polar surface area (TPSA) is 62.4 Å². The highest BCUT2D eigenvalue weighted by molar-refractivity contribution is 5.95. The van der Waals surface area contributed by atoms with E-state index in [4.69, 9.17) is 9.47 Å². The maximum Gasteiger partial charge on any atom is 0.332 e. The van der Waals surface area contributed by atoms with Gasteiger partial charge in [-0.25, -0.2) is 4.79 Å². The Morgan fingerprint density at radius 3 is 1.92 bits per heavy atom. The van der Waals surface area contributed by atoms with Crippen LogP contribution in [0.3, 0.4) is 0 Å². The number of aliphatic carboxylic acids is 1. The number of rotatable bonds is 8. The van der Waals surface area contributed by atoms with E-state index >= 15 is 0 Å². The number of hydrogen-bond donors (Lipinski definition) is 1. The molecule has 4 heteroatoms. The second-order valence-electron chi connectivity index (χ2n) is 7.04. The summed E-state index contributed by atoms with van der Waals surface area (Å²) in [5.41, 5.74) is 1.67. The van der Waals surface area contributed by atoms with Crippen LogP contribution in [-0.2, 0) is 19.7 Å². The maximum atomic E-state index is 12.4. The zero-order valence-corrected chi connectivity index (χ0v) is 14.5. The van der Waals surface area contributed by atoms with E-state index in [0.717, 1.165) is 11.1 Å². The molecule has 2 atom stereocenters. The predicted octanol–water partition coefficient (Wildman–Crippen LogP) is 3.67. The number of hydrogen-bond acceptors (Lipinski definition) is 3. The van der Waals surface area contributed by atoms with Crippen LogP contribution in [0.5, 0.6) is 0 Å². The number of carboxylic acid groups (broad SMARTS) is 1. The molecule has 2 aromatic rings. The minimum atomic E-state index is -0.890. The zero-order valence-electron chi connectivity index (χ0n) is 14.5. The van der Waals surface area contributed by atoms with Gasteiger partial charge in [0.25, 0.3) is 0 Å². The summed E-state index contributed by atoms with van der Waals surface area (Å²) in [5, 5.41) is 10.1. The van der Waals surface area contributed by atoms with E-state index < -0.39 is 11.4 Å². The summed E-state index contributed by atoms with van der Waals surface area (Å²) < 4.78 is 11.0. The molecular formula is C22H22O4. The van der Waals surface area contributed by atoms with Crippen molar-refractivity contribution >= 4 is 12.0 Å². The smallest absolute Gasteiger partial charge is 0.332 e. The zero-order chi connectivity index (χ0) is 18.0. The molecule has 4 rings (SSSR count). The average Bonchev–Trinajstić information content (AvgIpc) is 3.58. The molecule has 4 nitrogen and oxygen atoms in total. The lowest BCUT2D eigenvalue weighted by Crippen LogP contribution is -2.36. The average molecular weight is 350 g/mol. The molecule has 0 radical (unpaired) electrons. The molecule has 2 saturated heterocycles. The van der Waals surface area contributed by atoms with Gasteiger partial charge in [-0.3, -0.25) is 0 Å². The lowest BCUT2D eigenvalue weighted by atomic mass is 9.67. The van der Waals surface area contributed by atoms with E-state index in [0.29, 0.717) is 31.6 Å². The molecule has 26 heavy (non-hydrogen) atoms. The third-order valence-corrected chi connectivity index (χ3v) is 5.14. The van der Waals surface area contributed by atoms with Gasteiger partial charge in [-0.1, -0.05) is 60.7 Å². The van der Waals surface area contributed by atoms with Gasteiger partial charge in [-0.15, -0.1) is 0 Å². The van der Waals surface area contributed by atoms with Crippen molar-refractivity contribution in [2.24, 2.45) is 0 Å². The van der Waals surface area contributed by atoms with E-state index in [1.807, 2.05) is 60.7 Å². The van der Waals surface area contributed by atoms with Crippen molar-refractivity contribution in [1.82, 2.24) is 0 Å². The Labute approximate surface area is 153 Å². The Hall–Kier alpha value is -2.43. The van der Waals surface area contributed by atoms with Gasteiger partial charge in [0.05, 0.1) is 25.4 Å². The van der Waals surface area contributed by atoms with Crippen molar-refractivity contribution < 1.29 is 19.4 Å². The molecule has 0 aliphatic carbocycles. The van der Waals surface area contributed by atoms with E-state index in [1.54, 1.807) is 6.08 Å². The first-order valence-corrected chi connectivity index (χ1v) is 8.97. The first-order valence-electron chi connectivity index (χ1n) is 8.97. The van der Waals surface area contributed by atoms with Gasteiger partial charge < -0.3 is 14.6 Å². The van der Waals surface area contributed by atoms with Crippen molar-refractivity contribution in [3.05, 3.63) is 77.4 Å². The molecule has 0 amide bonds. The molecule has 0 bridgehead atoms. The Morgan fingerprint density at radius 2 is 1.46 bits per heavy atom. The van der Waals surface area contributed by atoms with Crippen molar-refractivity contribution in [3.8, 4) is 0 Å². The van der Waals surface area contributed by atoms with Crippen molar-refractivity contribution in [1.29, 1.82) is 0 Å². The van der Waals surface area contributed by atoms with E-state index in [-0.39, 0.29) is 12.2 Å². The summed E-state index contributed by atoms with van der Waals surface area (Å²) in [4.78, 5) is 12.4. The maximum absolute atomic E-state index is 12.4. The Balaban J connectivity index is 1.85. The molecule has 134 valence electrons. The number of carboxylic acids is 1. The molecule has 2 unspecified atom stereocenters. The van der Waals surface area contributed by atoms with Crippen LogP contribution < -0.4 is 0 Å². The van der Waals surface area contributed by atoms with Crippen LogP contribution in [0.4, 0.5) is 0 Å². The lowest BCUT2D eigenvalue weighted by molar-refractivity contribution is -0.133. The Bertz CT molecular complexity index is 775. The summed E-state index contributed by atoms with van der Waals surface area (Å²) in [7, 11) is 0. The molecule has 0 aromatic heterocycles. The molecular weight excluding hydrogens is 328 g/mol. The molecule has 2 aliphatic heterocycles. The van der Waals surface area contributed by atoms with Crippen LogP contribution in [0.25, 0.3) is 6.08 Å². The highest BCUT2D eigenvalue weighted by atomic mass is 16.6. The van der Waals surface area contributed by atoms with Crippen molar-refractivity contribution in [3.63, 3.8) is 0 Å². The van der Waals surface area contributed by atoms with Crippen molar-refractivity contribution in [2.75, 3.05) is 13.2 Å². The highest BCUT2D eigenvalue weighted by Crippen LogP contribution is 2.46. The van der Waals surface area contributed by atoms with Crippen LogP contribution in [0, 0.1) is 0 Å². The minimum Gasteiger partial charge on any atom is -0.478 e. The number of ether oxygens (including phenoxy) is 2. The summed E-state index contributed by atoms with van der Waals surface area (Å²) in [5.74, 6) is -0.890. The molecule has 1 N–H and O–H groups in total. The second-order valence-corrected chi connectivity index (χ2v) is 7.04. The van der Waals surface area contributed by atoms with Crippen LogP contribution in [0.2, 0.25) is 0 Å². The van der Waals surface area contributed by atoms with Crippen LogP contribution in [-0.4, -0.2) is 36.5 Å². The van der Waals surface area contributed by atoms with Gasteiger partial charge in [-0.2, -0.15) is 0 Å². The fourth-order valence-electron chi connectivity index (χ4n) is 3.72. The fourth-order valence-corrected chi connectivity index (χ4v) is 3.72. The van der Waals surface area contributed by atoms with Gasteiger partial charge in [0.1, 0.15) is 0 Å². The third-order valence-electron chi connectivity index (χ3n) is 5.14. The standard InChI is InChI=1S/C22H22O4/c23-21(24)20(11-16-7-3-1-4-8-16)22(12-18-14-25-18,13-19-15-26-19)17-9-5-2-6-10-17/h1-11,18-19H,12-15H2,(H,23,24). The van der Waals surface area contributed by atoms with E-state index in [2.05, 4.69) is 0 Å². The molecule has 2 heterocycles. The normalized spacial score (nSPS) is 23.9. The first kappa shape index (κ1) is 17.0. The monoisotopic (exact) mass is 350 g/mol. The summed E-state index contributed by atoms with van der Waals surface area (Å²) in [6, 6.07) is 19.6. The molecule has 2 fully saturated rings. The lowest BCUT2D eigenvalue weighted by Gasteiger charge is -2.35. The van der Waals surface area contributed by atoms with Crippen LogP contribution in [0.15, 0.2) is 66.2 Å². The van der Waals surface area contributed by atoms with Crippen LogP contribution in [0.1, 0.15) is 24.0 Å². The van der Waals surface area contributed by atoms with Gasteiger partial charge in [-0.05, 0) is 30.0 Å². The summed E-state index contributed by atoms with van der Waals surface area (Å²) >= 11 is 0. The number of epoxide rings is 2. The number of carbonyl (C=O) groups is 1. The third kappa shape index (κ3) is 3.71. The SMILES string of the molecule is O=C(O)C(=Cc1ccccc1)C(CC1CO1)(CC1CO1)c1ccccc1. The first-order chi connectivity index (χ1) is 12.7. The summed E-state index contributed by atoms with van der Waals surface area (Å²) in [6.07, 6.45) is 3.32. The fraction of sp³-hybridized carbons (Fsp3) is 0.318. The summed E-state index contributed by atoms with van der Waals surface area (Å²) in [6.45, 7) is 1.39. The van der Waals surface area contributed by atoms with Gasteiger partial charge in [0.15, 0.2) is 0 Å².